The van der Waals surface area contributed by atoms with Crippen LogP contribution in [0.1, 0.15) is 26.3 Å². The molecule has 0 saturated carbocycles. The van der Waals surface area contributed by atoms with Gasteiger partial charge < -0.3 is 28.0 Å². The number of para-hydroxylation sites is 5. The van der Waals surface area contributed by atoms with Crippen molar-refractivity contribution in [3.63, 3.8) is 0 Å². The van der Waals surface area contributed by atoms with Crippen molar-refractivity contribution in [1.82, 2.24) is 0 Å². The molecule has 6 nitrogen and oxygen atoms in total. The van der Waals surface area contributed by atoms with Gasteiger partial charge in [0.15, 0.2) is 0 Å². The number of benzene rings is 10. The molecule has 2 aliphatic rings. The lowest BCUT2D eigenvalue weighted by molar-refractivity contribution is 0.590. The van der Waals surface area contributed by atoms with Crippen molar-refractivity contribution in [1.29, 1.82) is 0 Å². The Morgan fingerprint density at radius 2 is 0.714 bits per heavy atom. The molecule has 13 aromatic rings. The van der Waals surface area contributed by atoms with Gasteiger partial charge in [0.25, 0.3) is 6.71 Å². The number of nitrogens with zero attached hydrogens (tertiary/aromatic N) is 3. The van der Waals surface area contributed by atoms with Gasteiger partial charge in [-0.2, -0.15) is 0 Å². The van der Waals surface area contributed by atoms with Gasteiger partial charge in [0.2, 0.25) is 0 Å². The van der Waals surface area contributed by atoms with Crippen molar-refractivity contribution in [3.8, 4) is 34.0 Å². The highest BCUT2D eigenvalue weighted by molar-refractivity contribution is 7.00. The van der Waals surface area contributed by atoms with Crippen molar-refractivity contribution in [2.75, 3.05) is 14.7 Å². The standard InChI is InChI=1S/C70H50BN3O3/c1-70(2,3)51-30-38-53(39-31-51)72(52-32-24-45(25-33-52)66-40-48-14-4-11-21-63(48)75-66)56-43-61-69-62(44-56)74(55-36-28-47(29-37-55)68-42-50-16-6-13-23-65(50)77-68)60-20-10-8-18-58(60)71(69)57-17-7-9-19-59(57)73(61)54-34-26-46(27-35-54)67-41-49-15-5-12-22-64(49)76-67/h4-44H,1-3H3. The molecule has 0 spiro atoms. The lowest BCUT2D eigenvalue weighted by Gasteiger charge is -2.45. The van der Waals surface area contributed by atoms with Crippen LogP contribution in [0.15, 0.2) is 262 Å². The Labute approximate surface area is 447 Å². The van der Waals surface area contributed by atoms with E-state index in [4.69, 9.17) is 13.3 Å². The largest absolute Gasteiger partial charge is 0.456 e. The van der Waals surface area contributed by atoms with Gasteiger partial charge in [-0.15, -0.1) is 0 Å². The number of hydrogen-bond acceptors (Lipinski definition) is 6. The van der Waals surface area contributed by atoms with E-state index in [9.17, 15) is 0 Å². The predicted molar refractivity (Wildman–Crippen MR) is 319 cm³/mol. The van der Waals surface area contributed by atoms with Gasteiger partial charge in [-0.05, 0) is 173 Å². The fourth-order valence-electron chi connectivity index (χ4n) is 11.8. The molecule has 0 radical (unpaired) electrons. The molecule has 0 saturated heterocycles. The number of rotatable bonds is 8. The highest BCUT2D eigenvalue weighted by Gasteiger charge is 2.44. The number of hydrogen-bond donors (Lipinski definition) is 0. The quantitative estimate of drug-likeness (QED) is 0.141. The average molecular weight is 992 g/mol. The van der Waals surface area contributed by atoms with E-state index in [0.29, 0.717) is 0 Å². The molecule has 0 amide bonds. The third-order valence-corrected chi connectivity index (χ3v) is 15.6. The van der Waals surface area contributed by atoms with Crippen molar-refractivity contribution in [2.24, 2.45) is 0 Å². The fourth-order valence-corrected chi connectivity index (χ4v) is 11.8. The third-order valence-electron chi connectivity index (χ3n) is 15.6. The van der Waals surface area contributed by atoms with E-state index in [0.717, 1.165) is 118 Å². The van der Waals surface area contributed by atoms with Crippen LogP contribution in [0.3, 0.4) is 0 Å². The number of anilines is 9. The highest BCUT2D eigenvalue weighted by Crippen LogP contribution is 2.49. The minimum Gasteiger partial charge on any atom is -0.456 e. The van der Waals surface area contributed by atoms with Crippen molar-refractivity contribution in [2.45, 2.75) is 26.2 Å². The van der Waals surface area contributed by atoms with Gasteiger partial charge in [-0.3, -0.25) is 0 Å². The Balaban J connectivity index is 0.955. The summed E-state index contributed by atoms with van der Waals surface area (Å²) in [5, 5.41) is 3.25. The minimum atomic E-state index is -0.0544. The zero-order valence-electron chi connectivity index (χ0n) is 42.8. The van der Waals surface area contributed by atoms with Crippen LogP contribution >= 0.6 is 0 Å². The minimum absolute atomic E-state index is 0.0235. The lowest BCUT2D eigenvalue weighted by atomic mass is 9.33. The summed E-state index contributed by atoms with van der Waals surface area (Å²) in [5.74, 6) is 2.52. The fraction of sp³-hybridized carbons (Fsp3) is 0.0571. The maximum Gasteiger partial charge on any atom is 0.252 e. The average Bonchev–Trinajstić information content (AvgIpc) is 4.25. The molecule has 0 fully saturated rings. The lowest BCUT2D eigenvalue weighted by Crippen LogP contribution is -2.61. The van der Waals surface area contributed by atoms with Crippen LogP contribution < -0.4 is 31.1 Å². The third kappa shape index (κ3) is 7.49. The number of fused-ring (bicyclic) bond motifs is 7. The topological polar surface area (TPSA) is 49.1 Å². The molecule has 3 aromatic heterocycles. The second kappa shape index (κ2) is 17.4. The molecule has 0 N–H and O–H groups in total. The SMILES string of the molecule is CC(C)(C)c1ccc(N(c2ccc(-c3cc4ccccc4o3)cc2)c2cc3c4c(c2)N(c2ccc(-c5cc6ccccc6o5)cc2)c2ccccc2B4c2ccccc2N3c2ccc(-c3cc4ccccc4o3)cc2)cc1. The van der Waals surface area contributed by atoms with Gasteiger partial charge in [-0.1, -0.05) is 124 Å². The Bertz CT molecular complexity index is 4100. The second-order valence-corrected chi connectivity index (χ2v) is 21.3. The Morgan fingerprint density at radius 1 is 0.351 bits per heavy atom. The Hall–Kier alpha value is -9.72. The maximum atomic E-state index is 6.40. The molecule has 2 aliphatic heterocycles. The van der Waals surface area contributed by atoms with Crippen LogP contribution in [0.2, 0.25) is 0 Å². The summed E-state index contributed by atoms with van der Waals surface area (Å²) in [6.07, 6.45) is 0. The maximum absolute atomic E-state index is 6.40. The van der Waals surface area contributed by atoms with E-state index in [1.165, 1.54) is 22.0 Å². The van der Waals surface area contributed by atoms with E-state index >= 15 is 0 Å². The summed E-state index contributed by atoms with van der Waals surface area (Å²) in [4.78, 5) is 7.35. The summed E-state index contributed by atoms with van der Waals surface area (Å²) in [6.45, 7) is 6.76. The molecular formula is C70H50BN3O3. The summed E-state index contributed by atoms with van der Waals surface area (Å²) in [7, 11) is 0. The van der Waals surface area contributed by atoms with Crippen LogP contribution in [-0.4, -0.2) is 6.71 Å². The molecule has 0 unspecified atom stereocenters. The van der Waals surface area contributed by atoms with Crippen LogP contribution in [0.25, 0.3) is 66.9 Å². The van der Waals surface area contributed by atoms with Crippen molar-refractivity contribution >= 4 is 107 Å². The van der Waals surface area contributed by atoms with Crippen LogP contribution in [-0.2, 0) is 5.41 Å². The zero-order chi connectivity index (χ0) is 51.4. The first-order valence-electron chi connectivity index (χ1n) is 26.4. The Kier molecular flexibility index (Phi) is 10.1. The smallest absolute Gasteiger partial charge is 0.252 e. The van der Waals surface area contributed by atoms with Crippen molar-refractivity contribution < 1.29 is 13.3 Å². The summed E-state index contributed by atoms with van der Waals surface area (Å²) < 4.78 is 19.2. The molecule has 0 bridgehead atoms. The first-order valence-corrected chi connectivity index (χ1v) is 26.4. The molecule has 7 heteroatoms. The summed E-state index contributed by atoms with van der Waals surface area (Å²) in [6, 6.07) is 89.3. The molecule has 366 valence electrons. The van der Waals surface area contributed by atoms with E-state index < -0.39 is 0 Å². The van der Waals surface area contributed by atoms with Crippen LogP contribution in [0.4, 0.5) is 51.2 Å². The van der Waals surface area contributed by atoms with E-state index in [2.05, 4.69) is 248 Å². The predicted octanol–water partition coefficient (Wildman–Crippen LogP) is 17.8. The summed E-state index contributed by atoms with van der Waals surface area (Å²) >= 11 is 0. The molecule has 15 rings (SSSR count). The second-order valence-electron chi connectivity index (χ2n) is 21.3. The number of furan rings is 3. The molecule has 0 aliphatic carbocycles. The van der Waals surface area contributed by atoms with E-state index in [-0.39, 0.29) is 12.1 Å². The van der Waals surface area contributed by atoms with Crippen LogP contribution in [0, 0.1) is 0 Å². The first kappa shape index (κ1) is 44.7. The van der Waals surface area contributed by atoms with E-state index in [1.807, 2.05) is 36.4 Å². The molecule has 5 heterocycles. The molecule has 77 heavy (non-hydrogen) atoms. The van der Waals surface area contributed by atoms with E-state index in [1.54, 1.807) is 0 Å². The van der Waals surface area contributed by atoms with Gasteiger partial charge in [0, 0.05) is 78.3 Å². The molecular weight excluding hydrogens is 942 g/mol. The van der Waals surface area contributed by atoms with Gasteiger partial charge >= 0.3 is 0 Å². The highest BCUT2D eigenvalue weighted by atomic mass is 16.3. The Morgan fingerprint density at radius 3 is 1.12 bits per heavy atom. The van der Waals surface area contributed by atoms with Crippen molar-refractivity contribution in [3.05, 3.63) is 254 Å². The summed E-state index contributed by atoms with van der Waals surface area (Å²) in [5.41, 5.74) is 20.3. The van der Waals surface area contributed by atoms with Gasteiger partial charge in [-0.25, -0.2) is 0 Å². The van der Waals surface area contributed by atoms with Crippen LogP contribution in [0.5, 0.6) is 0 Å². The monoisotopic (exact) mass is 991 g/mol. The first-order chi connectivity index (χ1) is 37.8. The van der Waals surface area contributed by atoms with Gasteiger partial charge in [0.1, 0.15) is 34.0 Å². The molecule has 10 aromatic carbocycles. The zero-order valence-corrected chi connectivity index (χ0v) is 42.8. The van der Waals surface area contributed by atoms with Gasteiger partial charge in [0.05, 0.1) is 5.69 Å². The normalized spacial score (nSPS) is 12.8. The molecule has 0 atom stereocenters.